The second kappa shape index (κ2) is 6.99. The average molecular weight is 290 g/mol. The Bertz CT molecular complexity index is 333. The number of aliphatic hydroxyl groups is 1. The predicted molar refractivity (Wildman–Crippen MR) is 66.8 cm³/mol. The molecule has 1 unspecified atom stereocenters. The minimum absolute atomic E-state index is 0.0694. The van der Waals surface area contributed by atoms with Crippen molar-refractivity contribution in [2.45, 2.75) is 25.8 Å². The van der Waals surface area contributed by atoms with E-state index in [1.54, 1.807) is 6.07 Å². The third-order valence-corrected chi connectivity index (χ3v) is 3.08. The van der Waals surface area contributed by atoms with E-state index in [0.717, 1.165) is 23.0 Å². The van der Waals surface area contributed by atoms with E-state index in [4.69, 9.17) is 5.11 Å². The molecule has 0 aliphatic rings. The minimum Gasteiger partial charge on any atom is -0.396 e. The number of hydrogen-bond acceptors (Lipinski definition) is 2. The smallest absolute Gasteiger partial charge is 0.124 e. The van der Waals surface area contributed by atoms with Crippen molar-refractivity contribution in [1.29, 1.82) is 0 Å². The Morgan fingerprint density at radius 1 is 1.50 bits per heavy atom. The Kier molecular flexibility index (Phi) is 5.95. The van der Waals surface area contributed by atoms with Crippen LogP contribution in [-0.4, -0.2) is 18.3 Å². The molecule has 0 amide bonds. The van der Waals surface area contributed by atoms with E-state index in [9.17, 15) is 4.39 Å². The molecule has 2 N–H and O–H groups in total. The highest BCUT2D eigenvalue weighted by molar-refractivity contribution is 9.10. The van der Waals surface area contributed by atoms with Crippen LogP contribution in [0.4, 0.5) is 4.39 Å². The molecule has 0 heterocycles. The number of rotatable bonds is 6. The average Bonchev–Trinajstić information content (AvgIpc) is 2.25. The highest BCUT2D eigenvalue weighted by atomic mass is 79.9. The van der Waals surface area contributed by atoms with Gasteiger partial charge in [0.15, 0.2) is 0 Å². The van der Waals surface area contributed by atoms with Gasteiger partial charge in [-0.2, -0.15) is 0 Å². The third-order valence-electron chi connectivity index (χ3n) is 2.40. The van der Waals surface area contributed by atoms with Crippen molar-refractivity contribution in [1.82, 2.24) is 5.32 Å². The first-order chi connectivity index (χ1) is 7.69. The zero-order valence-electron chi connectivity index (χ0n) is 9.34. The Hall–Kier alpha value is -0.450. The summed E-state index contributed by atoms with van der Waals surface area (Å²) >= 11 is 3.35. The summed E-state index contributed by atoms with van der Waals surface area (Å²) in [5.41, 5.74) is 0.990. The van der Waals surface area contributed by atoms with Gasteiger partial charge < -0.3 is 10.4 Å². The van der Waals surface area contributed by atoms with E-state index >= 15 is 0 Å². The molecule has 0 aromatic heterocycles. The van der Waals surface area contributed by atoms with Crippen molar-refractivity contribution in [3.8, 4) is 0 Å². The third kappa shape index (κ3) is 3.85. The number of halogens is 2. The van der Waals surface area contributed by atoms with Gasteiger partial charge in [0.05, 0.1) is 0 Å². The fourth-order valence-corrected chi connectivity index (χ4v) is 2.23. The van der Waals surface area contributed by atoms with Crippen LogP contribution in [0, 0.1) is 5.82 Å². The summed E-state index contributed by atoms with van der Waals surface area (Å²) in [6, 6.07) is 4.72. The maximum atomic E-state index is 12.9. The molecule has 0 saturated heterocycles. The zero-order chi connectivity index (χ0) is 12.0. The molecular formula is C12H17BrFNO. The summed E-state index contributed by atoms with van der Waals surface area (Å²) in [6.07, 6.45) is 1.66. The summed E-state index contributed by atoms with van der Waals surface area (Å²) in [5.74, 6) is -0.256. The van der Waals surface area contributed by atoms with Gasteiger partial charge in [0.1, 0.15) is 5.82 Å². The zero-order valence-corrected chi connectivity index (χ0v) is 10.9. The monoisotopic (exact) mass is 289 g/mol. The van der Waals surface area contributed by atoms with E-state index in [2.05, 4.69) is 28.2 Å². The predicted octanol–water partition coefficient (Wildman–Crippen LogP) is 3.01. The molecule has 90 valence electrons. The van der Waals surface area contributed by atoms with Crippen LogP contribution in [0.5, 0.6) is 0 Å². The molecule has 0 aliphatic carbocycles. The lowest BCUT2D eigenvalue weighted by Gasteiger charge is -2.19. The molecule has 2 nitrogen and oxygen atoms in total. The van der Waals surface area contributed by atoms with Gasteiger partial charge in [-0.05, 0) is 37.1 Å². The topological polar surface area (TPSA) is 32.3 Å². The van der Waals surface area contributed by atoms with Crippen LogP contribution in [0.3, 0.4) is 0 Å². The summed E-state index contributed by atoms with van der Waals surface area (Å²) in [4.78, 5) is 0. The fourth-order valence-electron chi connectivity index (χ4n) is 1.60. The number of aliphatic hydroxyl groups excluding tert-OH is 1. The van der Waals surface area contributed by atoms with Gasteiger partial charge in [-0.3, -0.25) is 0 Å². The van der Waals surface area contributed by atoms with Gasteiger partial charge in [0.2, 0.25) is 0 Å². The van der Waals surface area contributed by atoms with E-state index in [-0.39, 0.29) is 18.5 Å². The van der Waals surface area contributed by atoms with Crippen LogP contribution < -0.4 is 5.32 Å². The number of nitrogens with one attached hydrogen (secondary N) is 1. The second-order valence-electron chi connectivity index (χ2n) is 3.68. The van der Waals surface area contributed by atoms with E-state index < -0.39 is 0 Å². The highest BCUT2D eigenvalue weighted by Crippen LogP contribution is 2.26. The first kappa shape index (κ1) is 13.6. The van der Waals surface area contributed by atoms with Gasteiger partial charge in [-0.15, -0.1) is 0 Å². The Labute approximate surface area is 104 Å². The largest absolute Gasteiger partial charge is 0.396 e. The van der Waals surface area contributed by atoms with Gasteiger partial charge in [0, 0.05) is 17.1 Å². The maximum Gasteiger partial charge on any atom is 0.124 e. The summed E-state index contributed by atoms with van der Waals surface area (Å²) in [5, 5.41) is 12.3. The van der Waals surface area contributed by atoms with Crippen molar-refractivity contribution in [2.24, 2.45) is 0 Å². The van der Waals surface area contributed by atoms with Crippen LogP contribution in [0.15, 0.2) is 22.7 Å². The maximum absolute atomic E-state index is 12.9. The summed E-state index contributed by atoms with van der Waals surface area (Å²) in [7, 11) is 0. The molecule has 4 heteroatoms. The van der Waals surface area contributed by atoms with E-state index in [1.807, 2.05) is 0 Å². The van der Waals surface area contributed by atoms with E-state index in [0.29, 0.717) is 6.42 Å². The molecule has 0 fully saturated rings. The van der Waals surface area contributed by atoms with Crippen LogP contribution in [0.25, 0.3) is 0 Å². The molecule has 1 aromatic carbocycles. The van der Waals surface area contributed by atoms with Gasteiger partial charge >= 0.3 is 0 Å². The van der Waals surface area contributed by atoms with Crippen molar-refractivity contribution in [2.75, 3.05) is 13.2 Å². The fraction of sp³-hybridized carbons (Fsp3) is 0.500. The lowest BCUT2D eigenvalue weighted by Crippen LogP contribution is -2.23. The van der Waals surface area contributed by atoms with Crippen molar-refractivity contribution in [3.63, 3.8) is 0 Å². The van der Waals surface area contributed by atoms with Crippen molar-refractivity contribution in [3.05, 3.63) is 34.1 Å². The van der Waals surface area contributed by atoms with Crippen molar-refractivity contribution >= 4 is 15.9 Å². The molecule has 0 spiro atoms. The van der Waals surface area contributed by atoms with Gasteiger partial charge in [0.25, 0.3) is 0 Å². The Morgan fingerprint density at radius 2 is 2.25 bits per heavy atom. The molecule has 1 aromatic rings. The molecular weight excluding hydrogens is 273 g/mol. The first-order valence-electron chi connectivity index (χ1n) is 5.48. The van der Waals surface area contributed by atoms with Crippen LogP contribution >= 0.6 is 15.9 Å². The molecule has 1 rings (SSSR count). The molecule has 0 bridgehead atoms. The van der Waals surface area contributed by atoms with Gasteiger partial charge in [-0.25, -0.2) is 4.39 Å². The summed E-state index contributed by atoms with van der Waals surface area (Å²) < 4.78 is 13.7. The molecule has 0 aliphatic heterocycles. The standard InChI is InChI=1S/C12H17BrFNO/c1-2-6-15-12(5-7-16)10-4-3-9(14)8-11(10)13/h3-4,8,12,15-16H,2,5-7H2,1H3. The second-order valence-corrected chi connectivity index (χ2v) is 4.54. The minimum atomic E-state index is -0.256. The van der Waals surface area contributed by atoms with Crippen LogP contribution in [0.1, 0.15) is 31.4 Å². The van der Waals surface area contributed by atoms with Crippen LogP contribution in [-0.2, 0) is 0 Å². The molecule has 0 radical (unpaired) electrons. The summed E-state index contributed by atoms with van der Waals surface area (Å²) in [6.45, 7) is 3.09. The number of benzene rings is 1. The molecule has 0 saturated carbocycles. The Balaban J connectivity index is 2.82. The quantitative estimate of drug-likeness (QED) is 0.844. The SMILES string of the molecule is CCCNC(CCO)c1ccc(F)cc1Br. The number of hydrogen-bond donors (Lipinski definition) is 2. The van der Waals surface area contributed by atoms with Crippen molar-refractivity contribution < 1.29 is 9.50 Å². The Morgan fingerprint density at radius 3 is 2.81 bits per heavy atom. The van der Waals surface area contributed by atoms with Gasteiger partial charge in [-0.1, -0.05) is 28.9 Å². The molecule has 16 heavy (non-hydrogen) atoms. The first-order valence-corrected chi connectivity index (χ1v) is 6.27. The normalized spacial score (nSPS) is 12.8. The highest BCUT2D eigenvalue weighted by Gasteiger charge is 2.13. The van der Waals surface area contributed by atoms with E-state index in [1.165, 1.54) is 12.1 Å². The molecule has 1 atom stereocenters. The lowest BCUT2D eigenvalue weighted by molar-refractivity contribution is 0.265. The lowest BCUT2D eigenvalue weighted by atomic mass is 10.0. The van der Waals surface area contributed by atoms with Crippen LogP contribution in [0.2, 0.25) is 0 Å².